The first-order valence-electron chi connectivity index (χ1n) is 9.61. The minimum absolute atomic E-state index is 0.0517. The monoisotopic (exact) mass is 374 g/mol. The number of ketones is 3. The summed E-state index contributed by atoms with van der Waals surface area (Å²) in [7, 11) is 0. The topological polar surface area (TPSA) is 112 Å². The Labute approximate surface area is 158 Å². The van der Waals surface area contributed by atoms with Crippen LogP contribution in [-0.2, 0) is 14.4 Å². The predicted octanol–water partition coefficient (Wildman–Crippen LogP) is 0.737. The van der Waals surface area contributed by atoms with Crippen LogP contribution >= 0.6 is 0 Å². The van der Waals surface area contributed by atoms with Crippen molar-refractivity contribution in [1.82, 2.24) is 0 Å². The predicted molar refractivity (Wildman–Crippen MR) is 95.4 cm³/mol. The van der Waals surface area contributed by atoms with Gasteiger partial charge in [-0.25, -0.2) is 0 Å². The molecule has 7 atom stereocenters. The normalized spacial score (nSPS) is 48.6. The second-order valence-electron chi connectivity index (χ2n) is 9.16. The van der Waals surface area contributed by atoms with Crippen LogP contribution in [0.4, 0.5) is 0 Å². The molecule has 0 aromatic rings. The number of allylic oxidation sites excluding steroid dienone is 3. The quantitative estimate of drug-likeness (QED) is 0.657. The van der Waals surface area contributed by atoms with Crippen LogP contribution in [0.25, 0.3) is 0 Å². The molecule has 0 aromatic carbocycles. The molecule has 0 aromatic heterocycles. The highest BCUT2D eigenvalue weighted by molar-refractivity contribution is 6.02. The third kappa shape index (κ3) is 2.20. The summed E-state index contributed by atoms with van der Waals surface area (Å²) in [6, 6.07) is 0. The van der Waals surface area contributed by atoms with Gasteiger partial charge >= 0.3 is 0 Å². The average Bonchev–Trinajstić information content (AvgIpc) is 2.87. The highest BCUT2D eigenvalue weighted by Gasteiger charge is 2.68. The van der Waals surface area contributed by atoms with Gasteiger partial charge in [-0.1, -0.05) is 19.9 Å². The molecule has 4 rings (SSSR count). The van der Waals surface area contributed by atoms with Crippen molar-refractivity contribution in [3.8, 4) is 0 Å². The zero-order chi connectivity index (χ0) is 19.8. The van der Waals surface area contributed by atoms with Gasteiger partial charge in [-0.2, -0.15) is 0 Å². The Morgan fingerprint density at radius 3 is 2.67 bits per heavy atom. The Bertz CT molecular complexity index is 796. The van der Waals surface area contributed by atoms with E-state index in [4.69, 9.17) is 0 Å². The molecule has 0 aliphatic heterocycles. The van der Waals surface area contributed by atoms with E-state index >= 15 is 0 Å². The molecule has 0 heterocycles. The SMILES string of the molecule is C[C@]12C=CC(=O)C=C1[C@@H](O)C[C@@H]1[C@@H]2C(=O)C[C@@]2(C)[C@H]1CC[C@]2(O)C(=O)CO. The van der Waals surface area contributed by atoms with Crippen LogP contribution in [0.3, 0.4) is 0 Å². The van der Waals surface area contributed by atoms with E-state index in [1.54, 1.807) is 13.0 Å². The maximum atomic E-state index is 13.3. The molecule has 6 nitrogen and oxygen atoms in total. The number of carbonyl (C=O) groups is 3. The van der Waals surface area contributed by atoms with Crippen molar-refractivity contribution in [2.45, 2.75) is 51.2 Å². The van der Waals surface area contributed by atoms with E-state index in [9.17, 15) is 29.7 Å². The highest BCUT2D eigenvalue weighted by Crippen LogP contribution is 2.66. The van der Waals surface area contributed by atoms with Crippen molar-refractivity contribution < 1.29 is 29.7 Å². The number of Topliss-reactive ketones (excluding diaryl/α,β-unsaturated/α-hetero) is 2. The van der Waals surface area contributed by atoms with E-state index < -0.39 is 34.9 Å². The van der Waals surface area contributed by atoms with Gasteiger partial charge in [0.25, 0.3) is 0 Å². The number of aliphatic hydroxyl groups is 3. The second kappa shape index (κ2) is 5.69. The van der Waals surface area contributed by atoms with Crippen LogP contribution in [-0.4, -0.2) is 51.0 Å². The van der Waals surface area contributed by atoms with E-state index in [-0.39, 0.29) is 42.2 Å². The Kier molecular flexibility index (Phi) is 3.94. The van der Waals surface area contributed by atoms with Gasteiger partial charge in [-0.15, -0.1) is 0 Å². The van der Waals surface area contributed by atoms with Crippen molar-refractivity contribution >= 4 is 17.3 Å². The van der Waals surface area contributed by atoms with Gasteiger partial charge in [-0.3, -0.25) is 14.4 Å². The molecule has 0 spiro atoms. The first kappa shape index (κ1) is 18.7. The second-order valence-corrected chi connectivity index (χ2v) is 9.16. The Morgan fingerprint density at radius 1 is 1.30 bits per heavy atom. The molecule has 146 valence electrons. The number of rotatable bonds is 2. The minimum Gasteiger partial charge on any atom is -0.389 e. The number of hydrogen-bond acceptors (Lipinski definition) is 6. The first-order valence-corrected chi connectivity index (χ1v) is 9.61. The molecular weight excluding hydrogens is 348 g/mol. The van der Waals surface area contributed by atoms with E-state index in [1.165, 1.54) is 12.2 Å². The third-order valence-electron chi connectivity index (χ3n) is 8.03. The molecule has 6 heteroatoms. The lowest BCUT2D eigenvalue weighted by Gasteiger charge is -2.57. The van der Waals surface area contributed by atoms with E-state index in [2.05, 4.69) is 0 Å². The van der Waals surface area contributed by atoms with Gasteiger partial charge in [0.1, 0.15) is 18.0 Å². The minimum atomic E-state index is -1.71. The standard InChI is InChI=1S/C21H26O6/c1-19-5-3-11(23)7-14(19)15(24)8-12-13-4-6-21(27,17(26)10-22)20(13,2)9-16(25)18(12)19/h3,5,7,12-13,15,18,22,24,27H,4,6,8-10H2,1-2H3/t12-,13-,15-,18+,19-,20-,21-/m0/s1. The number of hydrogen-bond donors (Lipinski definition) is 3. The lowest BCUT2D eigenvalue weighted by atomic mass is 9.46. The molecule has 3 fully saturated rings. The molecule has 0 bridgehead atoms. The average molecular weight is 374 g/mol. The van der Waals surface area contributed by atoms with Gasteiger partial charge < -0.3 is 15.3 Å². The molecule has 3 saturated carbocycles. The van der Waals surface area contributed by atoms with Crippen molar-refractivity contribution in [3.63, 3.8) is 0 Å². The van der Waals surface area contributed by atoms with Crippen LogP contribution < -0.4 is 0 Å². The molecule has 27 heavy (non-hydrogen) atoms. The molecule has 3 N–H and O–H groups in total. The molecule has 0 amide bonds. The smallest absolute Gasteiger partial charge is 0.190 e. The summed E-state index contributed by atoms with van der Waals surface area (Å²) in [4.78, 5) is 37.5. The fourth-order valence-corrected chi connectivity index (χ4v) is 6.68. The van der Waals surface area contributed by atoms with Crippen LogP contribution in [0.5, 0.6) is 0 Å². The Balaban J connectivity index is 1.79. The first-order chi connectivity index (χ1) is 12.6. The molecule has 0 radical (unpaired) electrons. The summed E-state index contributed by atoms with van der Waals surface area (Å²) in [5.41, 5.74) is -2.80. The Hall–Kier alpha value is -1.63. The summed E-state index contributed by atoms with van der Waals surface area (Å²) in [6.07, 6.45) is 4.99. The zero-order valence-corrected chi connectivity index (χ0v) is 15.6. The summed E-state index contributed by atoms with van der Waals surface area (Å²) in [5.74, 6) is -1.56. The van der Waals surface area contributed by atoms with E-state index in [0.29, 0.717) is 18.4 Å². The van der Waals surface area contributed by atoms with Crippen LogP contribution in [0.2, 0.25) is 0 Å². The third-order valence-corrected chi connectivity index (χ3v) is 8.03. The van der Waals surface area contributed by atoms with Crippen molar-refractivity contribution in [2.24, 2.45) is 28.6 Å². The van der Waals surface area contributed by atoms with Gasteiger partial charge in [0.2, 0.25) is 0 Å². The highest BCUT2D eigenvalue weighted by atomic mass is 16.3. The maximum Gasteiger partial charge on any atom is 0.190 e. The van der Waals surface area contributed by atoms with Gasteiger partial charge in [0.15, 0.2) is 11.6 Å². The van der Waals surface area contributed by atoms with Crippen molar-refractivity contribution in [1.29, 1.82) is 0 Å². The van der Waals surface area contributed by atoms with Crippen LogP contribution in [0.1, 0.15) is 39.5 Å². The van der Waals surface area contributed by atoms with Crippen LogP contribution in [0, 0.1) is 28.6 Å². The maximum absolute atomic E-state index is 13.3. The van der Waals surface area contributed by atoms with Crippen molar-refractivity contribution in [3.05, 3.63) is 23.8 Å². The fraction of sp³-hybridized carbons (Fsp3) is 0.667. The van der Waals surface area contributed by atoms with Crippen LogP contribution in [0.15, 0.2) is 23.8 Å². The summed E-state index contributed by atoms with van der Waals surface area (Å²) in [6.45, 7) is 2.91. The molecule has 4 aliphatic rings. The fourth-order valence-electron chi connectivity index (χ4n) is 6.68. The lowest BCUT2D eigenvalue weighted by molar-refractivity contribution is -0.170. The summed E-state index contributed by atoms with van der Waals surface area (Å²) in [5, 5.41) is 31.2. The summed E-state index contributed by atoms with van der Waals surface area (Å²) < 4.78 is 0. The van der Waals surface area contributed by atoms with Gasteiger partial charge in [0.05, 0.1) is 6.10 Å². The molecular formula is C21H26O6. The van der Waals surface area contributed by atoms with Crippen molar-refractivity contribution in [2.75, 3.05) is 6.61 Å². The number of fused-ring (bicyclic) bond motifs is 5. The Morgan fingerprint density at radius 2 is 2.00 bits per heavy atom. The van der Waals surface area contributed by atoms with E-state index in [0.717, 1.165) is 0 Å². The van der Waals surface area contributed by atoms with Gasteiger partial charge in [-0.05, 0) is 48.8 Å². The number of carbonyl (C=O) groups excluding carboxylic acids is 3. The zero-order valence-electron chi connectivity index (χ0n) is 15.6. The molecule has 4 aliphatic carbocycles. The largest absolute Gasteiger partial charge is 0.389 e. The summed E-state index contributed by atoms with van der Waals surface area (Å²) >= 11 is 0. The molecule has 0 saturated heterocycles. The molecule has 0 unspecified atom stereocenters. The number of aliphatic hydroxyl groups excluding tert-OH is 2. The van der Waals surface area contributed by atoms with E-state index in [1.807, 2.05) is 6.92 Å². The lowest BCUT2D eigenvalue weighted by Crippen LogP contribution is -2.61. The van der Waals surface area contributed by atoms with Gasteiger partial charge in [0, 0.05) is 23.2 Å².